The molecule has 0 aliphatic carbocycles. The average molecular weight is 375 g/mol. The van der Waals surface area contributed by atoms with Crippen molar-refractivity contribution in [2.45, 2.75) is 10.9 Å². The van der Waals surface area contributed by atoms with Crippen LogP contribution in [0.3, 0.4) is 0 Å². The Bertz CT molecular complexity index is 838. The third-order valence-corrected chi connectivity index (χ3v) is 5.46. The predicted molar refractivity (Wildman–Crippen MR) is 97.8 cm³/mol. The third kappa shape index (κ3) is 4.67. The Hall–Kier alpha value is -2.18. The Morgan fingerprint density at radius 1 is 1.04 bits per heavy atom. The number of carbonyl (C=O) groups excluding carboxylic acids is 1. The van der Waals surface area contributed by atoms with Gasteiger partial charge < -0.3 is 5.32 Å². The Morgan fingerprint density at radius 2 is 1.84 bits per heavy atom. The highest BCUT2D eigenvalue weighted by Gasteiger charge is 2.17. The molecule has 6 heteroatoms. The summed E-state index contributed by atoms with van der Waals surface area (Å²) >= 11 is 2.74. The van der Waals surface area contributed by atoms with E-state index in [0.29, 0.717) is 4.90 Å². The molecule has 0 unspecified atom stereocenters. The Labute approximate surface area is 152 Å². The molecule has 0 saturated carbocycles. The predicted octanol–water partition coefficient (Wildman–Crippen LogP) is 5.02. The van der Waals surface area contributed by atoms with Gasteiger partial charge in [0.25, 0.3) is 0 Å². The zero-order valence-electron chi connectivity index (χ0n) is 13.1. The molecule has 25 heavy (non-hydrogen) atoms. The molecular formula is C19H15F2NOS2. The lowest BCUT2D eigenvalue weighted by atomic mass is 10.1. The van der Waals surface area contributed by atoms with Gasteiger partial charge in [-0.25, -0.2) is 8.78 Å². The van der Waals surface area contributed by atoms with Gasteiger partial charge in [0, 0.05) is 9.77 Å². The van der Waals surface area contributed by atoms with E-state index in [0.717, 1.165) is 22.6 Å². The highest BCUT2D eigenvalue weighted by atomic mass is 32.2. The number of hydrogen-bond donors (Lipinski definition) is 1. The maximum atomic E-state index is 13.2. The van der Waals surface area contributed by atoms with Crippen LogP contribution in [0.5, 0.6) is 0 Å². The Kier molecular flexibility index (Phi) is 5.83. The van der Waals surface area contributed by atoms with Crippen molar-refractivity contribution in [1.82, 2.24) is 5.32 Å². The highest BCUT2D eigenvalue weighted by Crippen LogP contribution is 2.26. The average Bonchev–Trinajstić information content (AvgIpc) is 3.16. The molecule has 2 nitrogen and oxygen atoms in total. The summed E-state index contributed by atoms with van der Waals surface area (Å²) in [6.07, 6.45) is 0. The van der Waals surface area contributed by atoms with E-state index in [1.807, 2.05) is 47.8 Å². The first-order valence-corrected chi connectivity index (χ1v) is 9.45. The van der Waals surface area contributed by atoms with Gasteiger partial charge in [-0.05, 0) is 35.2 Å². The molecule has 0 saturated heterocycles. The molecule has 128 valence electrons. The third-order valence-electron chi connectivity index (χ3n) is 3.53. The van der Waals surface area contributed by atoms with E-state index in [2.05, 4.69) is 5.32 Å². The second-order valence-electron chi connectivity index (χ2n) is 5.29. The van der Waals surface area contributed by atoms with Crippen LogP contribution in [0.25, 0.3) is 0 Å². The molecule has 1 aromatic heterocycles. The first-order chi connectivity index (χ1) is 12.1. The van der Waals surface area contributed by atoms with Crippen LogP contribution in [0.1, 0.15) is 16.5 Å². The molecule has 1 atom stereocenters. The number of thiophene rings is 1. The van der Waals surface area contributed by atoms with E-state index in [1.54, 1.807) is 11.3 Å². The van der Waals surface area contributed by atoms with Gasteiger partial charge in [-0.3, -0.25) is 4.79 Å². The highest BCUT2D eigenvalue weighted by molar-refractivity contribution is 8.00. The van der Waals surface area contributed by atoms with Crippen LogP contribution < -0.4 is 5.32 Å². The van der Waals surface area contributed by atoms with Gasteiger partial charge >= 0.3 is 0 Å². The van der Waals surface area contributed by atoms with E-state index in [9.17, 15) is 13.6 Å². The van der Waals surface area contributed by atoms with Crippen LogP contribution >= 0.6 is 23.1 Å². The Morgan fingerprint density at radius 3 is 2.52 bits per heavy atom. The van der Waals surface area contributed by atoms with E-state index < -0.39 is 11.6 Å². The summed E-state index contributed by atoms with van der Waals surface area (Å²) in [7, 11) is 0. The van der Waals surface area contributed by atoms with Crippen molar-refractivity contribution in [3.8, 4) is 0 Å². The van der Waals surface area contributed by atoms with Crippen LogP contribution in [0, 0.1) is 11.6 Å². The van der Waals surface area contributed by atoms with E-state index >= 15 is 0 Å². The number of carbonyl (C=O) groups is 1. The van der Waals surface area contributed by atoms with Crippen LogP contribution in [0.4, 0.5) is 8.78 Å². The van der Waals surface area contributed by atoms with Crippen molar-refractivity contribution in [2.75, 3.05) is 5.75 Å². The topological polar surface area (TPSA) is 29.1 Å². The minimum absolute atomic E-state index is 0.125. The van der Waals surface area contributed by atoms with Crippen molar-refractivity contribution >= 4 is 29.0 Å². The summed E-state index contributed by atoms with van der Waals surface area (Å²) in [5.41, 5.74) is 0.996. The maximum Gasteiger partial charge on any atom is 0.231 e. The number of nitrogens with one attached hydrogen (secondary N) is 1. The normalized spacial score (nSPS) is 11.9. The second kappa shape index (κ2) is 8.27. The van der Waals surface area contributed by atoms with Gasteiger partial charge in [0.15, 0.2) is 11.6 Å². The van der Waals surface area contributed by atoms with Crippen molar-refractivity contribution in [1.29, 1.82) is 0 Å². The fourth-order valence-corrected chi connectivity index (χ4v) is 3.87. The standard InChI is InChI=1S/C19H15F2NOS2/c20-15-9-8-14(11-16(15)21)25-12-18(23)22-19(17-7-4-10-24-17)13-5-2-1-3-6-13/h1-11,19H,12H2,(H,22,23)/t19-/m0/s1. The van der Waals surface area contributed by atoms with Crippen molar-refractivity contribution < 1.29 is 13.6 Å². The van der Waals surface area contributed by atoms with Gasteiger partial charge in [-0.2, -0.15) is 0 Å². The summed E-state index contributed by atoms with van der Waals surface area (Å²) in [5, 5.41) is 4.98. The van der Waals surface area contributed by atoms with E-state index in [-0.39, 0.29) is 17.7 Å². The monoisotopic (exact) mass is 375 g/mol. The summed E-state index contributed by atoms with van der Waals surface area (Å²) < 4.78 is 26.2. The molecule has 2 aromatic carbocycles. The molecule has 3 aromatic rings. The van der Waals surface area contributed by atoms with Crippen molar-refractivity contribution in [2.24, 2.45) is 0 Å². The van der Waals surface area contributed by atoms with Crippen LogP contribution in [-0.2, 0) is 4.79 Å². The lowest BCUT2D eigenvalue weighted by Crippen LogP contribution is -2.30. The SMILES string of the molecule is O=C(CSc1ccc(F)c(F)c1)N[C@@H](c1ccccc1)c1cccs1. The summed E-state index contributed by atoms with van der Waals surface area (Å²) in [5.74, 6) is -1.85. The minimum atomic E-state index is -0.911. The first-order valence-electron chi connectivity index (χ1n) is 7.59. The molecule has 0 spiro atoms. The summed E-state index contributed by atoms with van der Waals surface area (Å²) in [6.45, 7) is 0. The largest absolute Gasteiger partial charge is 0.344 e. The quantitative estimate of drug-likeness (QED) is 0.613. The van der Waals surface area contributed by atoms with Crippen LogP contribution in [0.15, 0.2) is 70.9 Å². The smallest absolute Gasteiger partial charge is 0.231 e. The number of hydrogen-bond acceptors (Lipinski definition) is 3. The molecule has 0 aliphatic rings. The number of amides is 1. The van der Waals surface area contributed by atoms with Gasteiger partial charge in [-0.1, -0.05) is 36.4 Å². The number of benzene rings is 2. The molecular weight excluding hydrogens is 360 g/mol. The molecule has 1 N–H and O–H groups in total. The number of thioether (sulfide) groups is 1. The maximum absolute atomic E-state index is 13.2. The van der Waals surface area contributed by atoms with Gasteiger partial charge in [0.2, 0.25) is 5.91 Å². The molecule has 0 radical (unpaired) electrons. The first kappa shape index (κ1) is 17.6. The fraction of sp³-hybridized carbons (Fsp3) is 0.105. The molecule has 3 rings (SSSR count). The van der Waals surface area contributed by atoms with Gasteiger partial charge in [0.05, 0.1) is 11.8 Å². The zero-order valence-corrected chi connectivity index (χ0v) is 14.7. The van der Waals surface area contributed by atoms with Gasteiger partial charge in [0.1, 0.15) is 0 Å². The van der Waals surface area contributed by atoms with Crippen molar-refractivity contribution in [3.63, 3.8) is 0 Å². The molecule has 0 bridgehead atoms. The number of rotatable bonds is 6. The molecule has 1 amide bonds. The minimum Gasteiger partial charge on any atom is -0.344 e. The van der Waals surface area contributed by atoms with Gasteiger partial charge in [-0.15, -0.1) is 23.1 Å². The lowest BCUT2D eigenvalue weighted by Gasteiger charge is -2.18. The lowest BCUT2D eigenvalue weighted by molar-refractivity contribution is -0.119. The second-order valence-corrected chi connectivity index (χ2v) is 7.32. The van der Waals surface area contributed by atoms with E-state index in [4.69, 9.17) is 0 Å². The Balaban J connectivity index is 1.67. The molecule has 1 heterocycles. The fourth-order valence-electron chi connectivity index (χ4n) is 2.34. The van der Waals surface area contributed by atoms with Crippen LogP contribution in [-0.4, -0.2) is 11.7 Å². The van der Waals surface area contributed by atoms with Crippen LogP contribution in [0.2, 0.25) is 0 Å². The zero-order chi connectivity index (χ0) is 17.6. The van der Waals surface area contributed by atoms with E-state index in [1.165, 1.54) is 17.8 Å². The summed E-state index contributed by atoms with van der Waals surface area (Å²) in [4.78, 5) is 13.9. The molecule has 0 fully saturated rings. The van der Waals surface area contributed by atoms with Crippen molar-refractivity contribution in [3.05, 3.63) is 88.1 Å². The summed E-state index contributed by atoms with van der Waals surface area (Å²) in [6, 6.07) is 17.0. The molecule has 0 aliphatic heterocycles. The number of halogens is 2.